The standard InChI is InChI=1S/C21H24IN5O2/c22-15-3-1-4-16(11-15)26-21-17-12-18(23)20(13-19(17)24-14-25-21)29-8-2-5-27-6-9-28-10-7-27/h1,3-4,11-14H,2,5-10,23H2,(H,24,25,26). The zero-order chi connectivity index (χ0) is 20.1. The fourth-order valence-corrected chi connectivity index (χ4v) is 3.87. The molecule has 29 heavy (non-hydrogen) atoms. The van der Waals surface area contributed by atoms with Crippen LogP contribution in [-0.2, 0) is 4.74 Å². The maximum absolute atomic E-state index is 6.26. The van der Waals surface area contributed by atoms with E-state index in [0.29, 0.717) is 18.0 Å². The molecule has 1 saturated heterocycles. The third kappa shape index (κ3) is 5.26. The molecule has 0 radical (unpaired) electrons. The summed E-state index contributed by atoms with van der Waals surface area (Å²) in [6.07, 6.45) is 2.50. The van der Waals surface area contributed by atoms with Crippen LogP contribution in [0.1, 0.15) is 6.42 Å². The fraction of sp³-hybridized carbons (Fsp3) is 0.333. The number of anilines is 3. The average Bonchev–Trinajstić information content (AvgIpc) is 2.73. The van der Waals surface area contributed by atoms with Crippen LogP contribution >= 0.6 is 22.6 Å². The van der Waals surface area contributed by atoms with Crippen LogP contribution in [0.5, 0.6) is 5.75 Å². The highest BCUT2D eigenvalue weighted by molar-refractivity contribution is 14.1. The molecule has 4 rings (SSSR count). The van der Waals surface area contributed by atoms with E-state index < -0.39 is 0 Å². The minimum Gasteiger partial charge on any atom is -0.491 e. The van der Waals surface area contributed by atoms with Gasteiger partial charge in [-0.25, -0.2) is 9.97 Å². The molecular weight excluding hydrogens is 481 g/mol. The smallest absolute Gasteiger partial charge is 0.144 e. The van der Waals surface area contributed by atoms with E-state index in [2.05, 4.69) is 48.8 Å². The second kappa shape index (κ2) is 9.55. The Hall–Kier alpha value is -2.17. The lowest BCUT2D eigenvalue weighted by Crippen LogP contribution is -2.37. The van der Waals surface area contributed by atoms with Crippen molar-refractivity contribution in [2.75, 3.05) is 50.5 Å². The van der Waals surface area contributed by atoms with Crippen molar-refractivity contribution in [2.24, 2.45) is 0 Å². The molecule has 0 bridgehead atoms. The van der Waals surface area contributed by atoms with Gasteiger partial charge >= 0.3 is 0 Å². The Morgan fingerprint density at radius 3 is 2.86 bits per heavy atom. The number of nitrogens with zero attached hydrogens (tertiary/aromatic N) is 3. The van der Waals surface area contributed by atoms with E-state index in [4.69, 9.17) is 15.2 Å². The number of nitrogen functional groups attached to an aromatic ring is 1. The number of morpholine rings is 1. The highest BCUT2D eigenvalue weighted by Gasteiger charge is 2.12. The summed E-state index contributed by atoms with van der Waals surface area (Å²) < 4.78 is 12.5. The minimum atomic E-state index is 0.587. The Balaban J connectivity index is 1.44. The van der Waals surface area contributed by atoms with Gasteiger partial charge in [0.2, 0.25) is 0 Å². The Labute approximate surface area is 183 Å². The van der Waals surface area contributed by atoms with Crippen molar-refractivity contribution in [1.82, 2.24) is 14.9 Å². The van der Waals surface area contributed by atoms with Crippen LogP contribution in [-0.4, -0.2) is 54.3 Å². The van der Waals surface area contributed by atoms with E-state index in [1.165, 1.54) is 0 Å². The number of rotatable bonds is 7. The third-order valence-corrected chi connectivity index (χ3v) is 5.51. The molecule has 0 amide bonds. The predicted molar refractivity (Wildman–Crippen MR) is 124 cm³/mol. The molecule has 3 aromatic rings. The first-order chi connectivity index (χ1) is 14.2. The maximum Gasteiger partial charge on any atom is 0.144 e. The summed E-state index contributed by atoms with van der Waals surface area (Å²) in [5, 5.41) is 4.22. The van der Waals surface area contributed by atoms with Gasteiger partial charge in [0.15, 0.2) is 0 Å². The minimum absolute atomic E-state index is 0.587. The Morgan fingerprint density at radius 2 is 2.03 bits per heavy atom. The maximum atomic E-state index is 6.26. The van der Waals surface area contributed by atoms with Crippen molar-refractivity contribution in [3.8, 4) is 5.75 Å². The van der Waals surface area contributed by atoms with Crippen LogP contribution in [0.2, 0.25) is 0 Å². The first-order valence-corrected chi connectivity index (χ1v) is 10.8. The summed E-state index contributed by atoms with van der Waals surface area (Å²) in [5.74, 6) is 1.39. The number of nitrogens with one attached hydrogen (secondary N) is 1. The lowest BCUT2D eigenvalue weighted by Gasteiger charge is -2.26. The van der Waals surface area contributed by atoms with Gasteiger partial charge in [-0.15, -0.1) is 0 Å². The van der Waals surface area contributed by atoms with Crippen molar-refractivity contribution >= 4 is 50.7 Å². The van der Waals surface area contributed by atoms with Gasteiger partial charge in [0, 0.05) is 40.3 Å². The summed E-state index contributed by atoms with van der Waals surface area (Å²) in [5.41, 5.74) is 8.62. The predicted octanol–water partition coefficient (Wildman–Crippen LogP) is 3.66. The number of aromatic nitrogens is 2. The van der Waals surface area contributed by atoms with Gasteiger partial charge in [-0.1, -0.05) is 6.07 Å². The zero-order valence-electron chi connectivity index (χ0n) is 16.1. The molecule has 1 aromatic heterocycles. The van der Waals surface area contributed by atoms with Crippen LogP contribution in [0.3, 0.4) is 0 Å². The number of ether oxygens (including phenoxy) is 2. The molecule has 1 aliphatic rings. The van der Waals surface area contributed by atoms with Crippen molar-refractivity contribution in [2.45, 2.75) is 6.42 Å². The number of nitrogens with two attached hydrogens (primary N) is 1. The molecule has 3 N–H and O–H groups in total. The van der Waals surface area contributed by atoms with E-state index in [-0.39, 0.29) is 0 Å². The summed E-state index contributed by atoms with van der Waals surface area (Å²) in [6, 6.07) is 11.9. The third-order valence-electron chi connectivity index (χ3n) is 4.83. The average molecular weight is 505 g/mol. The number of benzene rings is 2. The highest BCUT2D eigenvalue weighted by atomic mass is 127. The van der Waals surface area contributed by atoms with E-state index in [0.717, 1.165) is 65.2 Å². The molecule has 2 heterocycles. The normalized spacial score (nSPS) is 14.8. The van der Waals surface area contributed by atoms with Crippen molar-refractivity contribution in [3.05, 3.63) is 46.3 Å². The lowest BCUT2D eigenvalue weighted by molar-refractivity contribution is 0.0358. The second-order valence-electron chi connectivity index (χ2n) is 6.92. The lowest BCUT2D eigenvalue weighted by atomic mass is 10.2. The molecule has 0 unspecified atom stereocenters. The quantitative estimate of drug-likeness (QED) is 0.288. The highest BCUT2D eigenvalue weighted by Crippen LogP contribution is 2.31. The Morgan fingerprint density at radius 1 is 1.17 bits per heavy atom. The zero-order valence-corrected chi connectivity index (χ0v) is 18.3. The van der Waals surface area contributed by atoms with E-state index in [1.807, 2.05) is 30.3 Å². The first-order valence-electron chi connectivity index (χ1n) is 9.69. The number of hydrogen-bond donors (Lipinski definition) is 2. The van der Waals surface area contributed by atoms with Gasteiger partial charge in [0.1, 0.15) is 17.9 Å². The summed E-state index contributed by atoms with van der Waals surface area (Å²) in [7, 11) is 0. The van der Waals surface area contributed by atoms with Gasteiger partial charge < -0.3 is 20.5 Å². The van der Waals surface area contributed by atoms with E-state index in [9.17, 15) is 0 Å². The molecule has 1 fully saturated rings. The van der Waals surface area contributed by atoms with Crippen molar-refractivity contribution < 1.29 is 9.47 Å². The van der Waals surface area contributed by atoms with Gasteiger partial charge in [-0.05, 0) is 53.3 Å². The summed E-state index contributed by atoms with van der Waals surface area (Å²) in [6.45, 7) is 5.23. The second-order valence-corrected chi connectivity index (χ2v) is 8.17. The van der Waals surface area contributed by atoms with Crippen molar-refractivity contribution in [1.29, 1.82) is 0 Å². The van der Waals surface area contributed by atoms with E-state index >= 15 is 0 Å². The largest absolute Gasteiger partial charge is 0.491 e. The van der Waals surface area contributed by atoms with Gasteiger partial charge in [-0.2, -0.15) is 0 Å². The number of hydrogen-bond acceptors (Lipinski definition) is 7. The molecule has 1 aliphatic heterocycles. The van der Waals surface area contributed by atoms with Crippen LogP contribution in [0.15, 0.2) is 42.7 Å². The molecule has 152 valence electrons. The number of halogens is 1. The van der Waals surface area contributed by atoms with Crippen LogP contribution in [0.25, 0.3) is 10.9 Å². The topological polar surface area (TPSA) is 85.5 Å². The van der Waals surface area contributed by atoms with Gasteiger partial charge in [0.25, 0.3) is 0 Å². The molecule has 0 atom stereocenters. The molecule has 7 nitrogen and oxygen atoms in total. The van der Waals surface area contributed by atoms with E-state index in [1.54, 1.807) is 6.33 Å². The molecule has 2 aromatic carbocycles. The van der Waals surface area contributed by atoms with Crippen molar-refractivity contribution in [3.63, 3.8) is 0 Å². The van der Waals surface area contributed by atoms with Gasteiger partial charge in [-0.3, -0.25) is 4.90 Å². The Kier molecular flexibility index (Phi) is 6.63. The summed E-state index contributed by atoms with van der Waals surface area (Å²) >= 11 is 2.29. The monoisotopic (exact) mass is 505 g/mol. The van der Waals surface area contributed by atoms with Crippen LogP contribution in [0.4, 0.5) is 17.2 Å². The summed E-state index contributed by atoms with van der Waals surface area (Å²) in [4.78, 5) is 11.2. The molecule has 0 spiro atoms. The molecule has 8 heteroatoms. The number of fused-ring (bicyclic) bond motifs is 1. The Bertz CT molecular complexity index is 978. The van der Waals surface area contributed by atoms with Crippen LogP contribution in [0, 0.1) is 3.57 Å². The van der Waals surface area contributed by atoms with Crippen LogP contribution < -0.4 is 15.8 Å². The SMILES string of the molecule is Nc1cc2c(Nc3cccc(I)c3)ncnc2cc1OCCCN1CCOCC1. The van der Waals surface area contributed by atoms with Gasteiger partial charge in [0.05, 0.1) is 31.0 Å². The molecule has 0 aliphatic carbocycles. The molecule has 0 saturated carbocycles. The first kappa shape index (κ1) is 20.1. The molecular formula is C21H24IN5O2. The fourth-order valence-electron chi connectivity index (χ4n) is 3.32.